The molecule has 12 aromatic carbocycles. The number of rotatable bonds is 7. The Morgan fingerprint density at radius 1 is 0.326 bits per heavy atom. The Bertz CT molecular complexity index is 5210. The van der Waals surface area contributed by atoms with Crippen molar-refractivity contribution >= 4 is 78.0 Å². The SMILES string of the molecule is CC1(C)c2ccccc2-c2ccc(N(c3cc(-c4cccc5c4C4(c6ccccc6-5)c5ccccc5C5C=CC=CC54)cc(N(c4ccc5c(c4)C(C)(C)c4ccccc4-5)c4cccc5c4oc4ccccc45)c3)c3cccc4c3oc3ccccc34)cc21. The number of hydrogen-bond donors (Lipinski definition) is 0. The van der Waals surface area contributed by atoms with Crippen LogP contribution in [0.2, 0.25) is 0 Å². The van der Waals surface area contributed by atoms with Gasteiger partial charge in [0.05, 0.1) is 16.8 Å². The maximum atomic E-state index is 7.16. The predicted molar refractivity (Wildman–Crippen MR) is 367 cm³/mol. The van der Waals surface area contributed by atoms with E-state index >= 15 is 0 Å². The second-order valence-corrected chi connectivity index (χ2v) is 26.2. The summed E-state index contributed by atoms with van der Waals surface area (Å²) in [6, 6.07) is 95.5. The lowest BCUT2D eigenvalue weighted by atomic mass is 9.64. The molecule has 89 heavy (non-hydrogen) atoms. The van der Waals surface area contributed by atoms with Gasteiger partial charge in [-0.05, 0) is 156 Å². The van der Waals surface area contributed by atoms with Gasteiger partial charge in [0.2, 0.25) is 0 Å². The minimum Gasteiger partial charge on any atom is -0.454 e. The van der Waals surface area contributed by atoms with Gasteiger partial charge in [-0.15, -0.1) is 0 Å². The summed E-state index contributed by atoms with van der Waals surface area (Å²) in [5, 5.41) is 4.31. The van der Waals surface area contributed by atoms with Crippen LogP contribution in [0.5, 0.6) is 0 Å². The van der Waals surface area contributed by atoms with Gasteiger partial charge in [0.25, 0.3) is 0 Å². The maximum Gasteiger partial charge on any atom is 0.159 e. The van der Waals surface area contributed by atoms with E-state index in [0.29, 0.717) is 0 Å². The molecule has 5 aliphatic rings. The molecule has 0 radical (unpaired) electrons. The van der Waals surface area contributed by atoms with E-state index in [-0.39, 0.29) is 22.7 Å². The average Bonchev–Trinajstić information content (AvgIpc) is 1.52. The fourth-order valence-electron chi connectivity index (χ4n) is 17.3. The Hall–Kier alpha value is -10.7. The second kappa shape index (κ2) is 18.2. The molecule has 19 rings (SSSR count). The van der Waals surface area contributed by atoms with Crippen LogP contribution in [0.15, 0.2) is 288 Å². The van der Waals surface area contributed by atoms with E-state index in [0.717, 1.165) is 83.6 Å². The van der Waals surface area contributed by atoms with Crippen molar-refractivity contribution in [1.29, 1.82) is 0 Å². The lowest BCUT2D eigenvalue weighted by Crippen LogP contribution is -2.33. The molecule has 1 spiro atoms. The van der Waals surface area contributed by atoms with E-state index in [1.165, 1.54) is 83.5 Å². The smallest absolute Gasteiger partial charge is 0.159 e. The summed E-state index contributed by atoms with van der Waals surface area (Å²) >= 11 is 0. The van der Waals surface area contributed by atoms with Crippen molar-refractivity contribution in [3.8, 4) is 44.5 Å². The summed E-state index contributed by atoms with van der Waals surface area (Å²) in [6.07, 6.45) is 9.49. The Morgan fingerprint density at radius 2 is 0.764 bits per heavy atom. The van der Waals surface area contributed by atoms with Crippen LogP contribution in [-0.2, 0) is 16.2 Å². The Morgan fingerprint density at radius 3 is 1.35 bits per heavy atom. The van der Waals surface area contributed by atoms with Crippen LogP contribution < -0.4 is 9.80 Å². The molecule has 3 atom stereocenters. The molecule has 422 valence electrons. The van der Waals surface area contributed by atoms with E-state index in [9.17, 15) is 0 Å². The zero-order chi connectivity index (χ0) is 59.1. The highest BCUT2D eigenvalue weighted by Gasteiger charge is 2.58. The van der Waals surface area contributed by atoms with Crippen LogP contribution in [0.4, 0.5) is 34.1 Å². The van der Waals surface area contributed by atoms with Gasteiger partial charge in [0.15, 0.2) is 11.2 Å². The Kier molecular flexibility index (Phi) is 10.3. The molecule has 14 aromatic rings. The first-order chi connectivity index (χ1) is 43.7. The van der Waals surface area contributed by atoms with Crippen LogP contribution in [0.25, 0.3) is 88.4 Å². The molecule has 3 unspecified atom stereocenters. The first-order valence-corrected chi connectivity index (χ1v) is 31.4. The Labute approximate surface area is 517 Å². The number of nitrogens with zero attached hydrogens (tertiary/aromatic N) is 2. The zero-order valence-corrected chi connectivity index (χ0v) is 49.9. The number of furan rings is 2. The predicted octanol–water partition coefficient (Wildman–Crippen LogP) is 22.9. The average molecular weight is 1140 g/mol. The van der Waals surface area contributed by atoms with E-state index in [1.807, 2.05) is 0 Å². The molecule has 0 aliphatic heterocycles. The third-order valence-corrected chi connectivity index (χ3v) is 21.1. The van der Waals surface area contributed by atoms with E-state index in [2.05, 4.69) is 317 Å². The monoisotopic (exact) mass is 1140 g/mol. The van der Waals surface area contributed by atoms with Gasteiger partial charge in [-0.1, -0.05) is 240 Å². The molecule has 4 nitrogen and oxygen atoms in total. The molecular formula is C85H60N2O2. The molecule has 4 heteroatoms. The summed E-state index contributed by atoms with van der Waals surface area (Å²) in [7, 11) is 0. The number of para-hydroxylation sites is 4. The van der Waals surface area contributed by atoms with Crippen LogP contribution in [0.3, 0.4) is 0 Å². The number of benzene rings is 12. The largest absolute Gasteiger partial charge is 0.454 e. The molecule has 0 saturated carbocycles. The van der Waals surface area contributed by atoms with Gasteiger partial charge in [-0.2, -0.15) is 0 Å². The lowest BCUT2D eigenvalue weighted by Gasteiger charge is -2.37. The van der Waals surface area contributed by atoms with Gasteiger partial charge in [0, 0.05) is 67.0 Å². The van der Waals surface area contributed by atoms with E-state index in [1.54, 1.807) is 0 Å². The summed E-state index contributed by atoms with van der Waals surface area (Å²) in [5.74, 6) is 0.341. The van der Waals surface area contributed by atoms with Crippen LogP contribution in [-0.4, -0.2) is 0 Å². The quantitative estimate of drug-likeness (QED) is 0.159. The van der Waals surface area contributed by atoms with Crippen molar-refractivity contribution < 1.29 is 8.83 Å². The highest BCUT2D eigenvalue weighted by atomic mass is 16.3. The van der Waals surface area contributed by atoms with Gasteiger partial charge in [-0.3, -0.25) is 0 Å². The molecular weight excluding hydrogens is 1080 g/mol. The highest BCUT2D eigenvalue weighted by Crippen LogP contribution is 2.67. The lowest BCUT2D eigenvalue weighted by molar-refractivity contribution is 0.466. The Balaban J connectivity index is 0.945. The molecule has 2 aromatic heterocycles. The molecule has 2 heterocycles. The van der Waals surface area contributed by atoms with Crippen molar-refractivity contribution in [2.45, 2.75) is 49.9 Å². The number of anilines is 6. The fraction of sp³-hybridized carbons (Fsp3) is 0.106. The van der Waals surface area contributed by atoms with Gasteiger partial charge in [-0.25, -0.2) is 0 Å². The molecule has 0 bridgehead atoms. The van der Waals surface area contributed by atoms with Gasteiger partial charge < -0.3 is 18.6 Å². The van der Waals surface area contributed by atoms with Crippen LogP contribution in [0.1, 0.15) is 78.1 Å². The van der Waals surface area contributed by atoms with Crippen LogP contribution in [0, 0.1) is 5.92 Å². The van der Waals surface area contributed by atoms with Crippen molar-refractivity contribution in [2.24, 2.45) is 5.92 Å². The summed E-state index contributed by atoms with van der Waals surface area (Å²) < 4.78 is 14.3. The third-order valence-electron chi connectivity index (χ3n) is 21.1. The molecule has 0 N–H and O–H groups in total. The summed E-state index contributed by atoms with van der Waals surface area (Å²) in [5.41, 5.74) is 29.0. The topological polar surface area (TPSA) is 32.8 Å². The van der Waals surface area contributed by atoms with Gasteiger partial charge in [0.1, 0.15) is 11.2 Å². The summed E-state index contributed by atoms with van der Waals surface area (Å²) in [6.45, 7) is 9.52. The third kappa shape index (κ3) is 6.78. The van der Waals surface area contributed by atoms with E-state index < -0.39 is 5.41 Å². The first-order valence-electron chi connectivity index (χ1n) is 31.4. The molecule has 5 aliphatic carbocycles. The fourth-order valence-corrected chi connectivity index (χ4v) is 17.3. The standard InChI is InChI=1S/C85H60N2O2/c1-83(2)69-33-12-5-22-57(69)62-44-42-52(49-74(62)83)86(76-38-20-31-67-64-27-10-17-40-78(64)88-81(67)76)54-46-51(56-29-19-30-66-61-26-9-16-37-73(61)85(80(56)66)71-35-14-7-24-59(71)60-25-8-15-36-72(60)85)47-55(48-54)87(77-39-21-32-68-65-28-11-18-41-79(65)89-82(68)77)53-43-45-63-58-23-6-13-34-70(58)84(3,4)75(63)50-53/h5-50,59,71H,1-4H3. The normalized spacial score (nSPS) is 18.0. The van der Waals surface area contributed by atoms with E-state index in [4.69, 9.17) is 8.83 Å². The second-order valence-electron chi connectivity index (χ2n) is 26.2. The van der Waals surface area contributed by atoms with Crippen molar-refractivity contribution in [2.75, 3.05) is 9.80 Å². The van der Waals surface area contributed by atoms with Crippen molar-refractivity contribution in [3.05, 3.63) is 324 Å². The molecule has 0 amide bonds. The van der Waals surface area contributed by atoms with Crippen molar-refractivity contribution in [3.63, 3.8) is 0 Å². The zero-order valence-electron chi connectivity index (χ0n) is 49.9. The highest BCUT2D eigenvalue weighted by molar-refractivity contribution is 6.12. The van der Waals surface area contributed by atoms with Gasteiger partial charge >= 0.3 is 0 Å². The molecule has 0 fully saturated rings. The first kappa shape index (κ1) is 50.5. The molecule has 0 saturated heterocycles. The minimum atomic E-state index is -0.499. The summed E-state index contributed by atoms with van der Waals surface area (Å²) in [4.78, 5) is 4.98. The number of allylic oxidation sites excluding steroid dienone is 4. The minimum absolute atomic E-state index is 0.137. The number of hydrogen-bond acceptors (Lipinski definition) is 4. The van der Waals surface area contributed by atoms with Crippen molar-refractivity contribution in [1.82, 2.24) is 0 Å². The maximum absolute atomic E-state index is 7.16. The number of fused-ring (bicyclic) bond motifs is 22. The van der Waals surface area contributed by atoms with Crippen LogP contribution >= 0.6 is 0 Å².